The van der Waals surface area contributed by atoms with E-state index in [1.807, 2.05) is 13.8 Å². The van der Waals surface area contributed by atoms with E-state index in [2.05, 4.69) is 0 Å². The molecule has 1 aromatic rings. The summed E-state index contributed by atoms with van der Waals surface area (Å²) in [6, 6.07) is 5.24. The smallest absolute Gasteiger partial charge is 0.243 e. The van der Waals surface area contributed by atoms with Crippen LogP contribution in [0.15, 0.2) is 23.1 Å². The summed E-state index contributed by atoms with van der Waals surface area (Å²) in [4.78, 5) is 0.330. The summed E-state index contributed by atoms with van der Waals surface area (Å²) in [5, 5.41) is 9.32. The molecule has 4 nitrogen and oxygen atoms in total. The molecule has 0 spiro atoms. The van der Waals surface area contributed by atoms with Gasteiger partial charge in [0.2, 0.25) is 10.0 Å². The molecule has 2 rings (SSSR count). The van der Waals surface area contributed by atoms with Crippen molar-refractivity contribution in [1.82, 2.24) is 4.31 Å². The highest BCUT2D eigenvalue weighted by Gasteiger charge is 2.39. The SMILES string of the molecule is CCC1CCC(C)N1S(=O)(=O)c1cccc(CO)c1C. The first-order valence-electron chi connectivity index (χ1n) is 7.16. The summed E-state index contributed by atoms with van der Waals surface area (Å²) in [5.41, 5.74) is 1.33. The van der Waals surface area contributed by atoms with Crippen LogP contribution in [-0.4, -0.2) is 29.9 Å². The first-order valence-corrected chi connectivity index (χ1v) is 8.60. The van der Waals surface area contributed by atoms with E-state index in [-0.39, 0.29) is 18.7 Å². The number of sulfonamides is 1. The Kier molecular flexibility index (Phi) is 4.52. The monoisotopic (exact) mass is 297 g/mol. The minimum Gasteiger partial charge on any atom is -0.392 e. The molecule has 1 heterocycles. The largest absolute Gasteiger partial charge is 0.392 e. The zero-order chi connectivity index (χ0) is 14.9. The Morgan fingerprint density at radius 1 is 1.35 bits per heavy atom. The molecular formula is C15H23NO3S. The topological polar surface area (TPSA) is 57.6 Å². The molecule has 20 heavy (non-hydrogen) atoms. The lowest BCUT2D eigenvalue weighted by atomic mass is 10.1. The maximum atomic E-state index is 12.9. The van der Waals surface area contributed by atoms with E-state index in [0.717, 1.165) is 19.3 Å². The normalized spacial score (nSPS) is 24.2. The summed E-state index contributed by atoms with van der Waals surface area (Å²) < 4.78 is 27.6. The van der Waals surface area contributed by atoms with Gasteiger partial charge >= 0.3 is 0 Å². The molecule has 1 aromatic carbocycles. The lowest BCUT2D eigenvalue weighted by Gasteiger charge is -2.28. The van der Waals surface area contributed by atoms with Gasteiger partial charge in [0.1, 0.15) is 0 Å². The van der Waals surface area contributed by atoms with Gasteiger partial charge in [-0.1, -0.05) is 19.1 Å². The van der Waals surface area contributed by atoms with E-state index in [1.165, 1.54) is 0 Å². The zero-order valence-corrected chi connectivity index (χ0v) is 13.2. The molecule has 2 unspecified atom stereocenters. The average molecular weight is 297 g/mol. The van der Waals surface area contributed by atoms with E-state index >= 15 is 0 Å². The summed E-state index contributed by atoms with van der Waals surface area (Å²) in [5.74, 6) is 0. The average Bonchev–Trinajstić information content (AvgIpc) is 2.80. The second-order valence-electron chi connectivity index (χ2n) is 5.52. The molecule has 0 aromatic heterocycles. The van der Waals surface area contributed by atoms with Crippen molar-refractivity contribution in [3.63, 3.8) is 0 Å². The molecular weight excluding hydrogens is 274 g/mol. The van der Waals surface area contributed by atoms with Crippen LogP contribution in [0.4, 0.5) is 0 Å². The summed E-state index contributed by atoms with van der Waals surface area (Å²) in [6.45, 7) is 5.63. The molecule has 1 fully saturated rings. The van der Waals surface area contributed by atoms with Gasteiger partial charge < -0.3 is 5.11 Å². The molecule has 1 saturated heterocycles. The van der Waals surface area contributed by atoms with Gasteiger partial charge in [-0.05, 0) is 50.3 Å². The number of benzene rings is 1. The van der Waals surface area contributed by atoms with E-state index < -0.39 is 10.0 Å². The molecule has 0 aliphatic carbocycles. The number of rotatable bonds is 4. The number of aliphatic hydroxyl groups is 1. The van der Waals surface area contributed by atoms with Crippen molar-refractivity contribution in [2.75, 3.05) is 0 Å². The van der Waals surface area contributed by atoms with Crippen LogP contribution < -0.4 is 0 Å². The van der Waals surface area contributed by atoms with Crippen LogP contribution in [0.2, 0.25) is 0 Å². The van der Waals surface area contributed by atoms with Gasteiger partial charge in [0.15, 0.2) is 0 Å². The predicted octanol–water partition coefficient (Wildman–Crippen LogP) is 2.44. The second kappa shape index (κ2) is 5.84. The number of nitrogens with zero attached hydrogens (tertiary/aromatic N) is 1. The predicted molar refractivity (Wildman–Crippen MR) is 78.9 cm³/mol. The Morgan fingerprint density at radius 2 is 2.05 bits per heavy atom. The standard InChI is InChI=1S/C15H23NO3S/c1-4-14-9-8-11(2)16(14)20(18,19)15-7-5-6-13(10-17)12(15)3/h5-7,11,14,17H,4,8-10H2,1-3H3. The summed E-state index contributed by atoms with van der Waals surface area (Å²) in [7, 11) is -3.49. The fourth-order valence-electron chi connectivity index (χ4n) is 3.09. The van der Waals surface area contributed by atoms with Crippen molar-refractivity contribution in [3.05, 3.63) is 29.3 Å². The Labute approximate surface area is 121 Å². The molecule has 1 aliphatic rings. The summed E-state index contributed by atoms with van der Waals surface area (Å²) >= 11 is 0. The number of hydrogen-bond acceptors (Lipinski definition) is 3. The highest BCUT2D eigenvalue weighted by Crippen LogP contribution is 2.33. The van der Waals surface area contributed by atoms with Crippen LogP contribution in [0, 0.1) is 6.92 Å². The van der Waals surface area contributed by atoms with Crippen LogP contribution in [0.1, 0.15) is 44.2 Å². The van der Waals surface area contributed by atoms with Gasteiger partial charge in [-0.25, -0.2) is 8.42 Å². The van der Waals surface area contributed by atoms with Crippen molar-refractivity contribution in [2.24, 2.45) is 0 Å². The van der Waals surface area contributed by atoms with E-state index in [1.54, 1.807) is 29.4 Å². The van der Waals surface area contributed by atoms with Crippen LogP contribution in [0.25, 0.3) is 0 Å². The number of aliphatic hydroxyl groups excluding tert-OH is 1. The van der Waals surface area contributed by atoms with Gasteiger partial charge in [0.25, 0.3) is 0 Å². The molecule has 5 heteroatoms. The molecule has 112 valence electrons. The molecule has 0 saturated carbocycles. The lowest BCUT2D eigenvalue weighted by molar-refractivity contribution is 0.280. The molecule has 0 amide bonds. The van der Waals surface area contributed by atoms with Crippen LogP contribution in [-0.2, 0) is 16.6 Å². The van der Waals surface area contributed by atoms with Crippen molar-refractivity contribution in [1.29, 1.82) is 0 Å². The molecule has 1 aliphatic heterocycles. The maximum Gasteiger partial charge on any atom is 0.243 e. The molecule has 2 atom stereocenters. The minimum atomic E-state index is -3.49. The van der Waals surface area contributed by atoms with E-state index in [9.17, 15) is 13.5 Å². The third kappa shape index (κ3) is 2.50. The highest BCUT2D eigenvalue weighted by atomic mass is 32.2. The lowest BCUT2D eigenvalue weighted by Crippen LogP contribution is -2.39. The first-order chi connectivity index (χ1) is 9.43. The quantitative estimate of drug-likeness (QED) is 0.928. The van der Waals surface area contributed by atoms with Crippen molar-refractivity contribution in [2.45, 2.75) is 63.6 Å². The van der Waals surface area contributed by atoms with Gasteiger partial charge in [0, 0.05) is 12.1 Å². The Balaban J connectivity index is 2.50. The highest BCUT2D eigenvalue weighted by molar-refractivity contribution is 7.89. The maximum absolute atomic E-state index is 12.9. The third-order valence-electron chi connectivity index (χ3n) is 4.31. The van der Waals surface area contributed by atoms with E-state index in [4.69, 9.17) is 0 Å². The van der Waals surface area contributed by atoms with Crippen LogP contribution in [0.5, 0.6) is 0 Å². The Bertz CT molecular complexity index is 583. The van der Waals surface area contributed by atoms with Crippen LogP contribution in [0.3, 0.4) is 0 Å². The number of hydrogen-bond donors (Lipinski definition) is 1. The van der Waals surface area contributed by atoms with Gasteiger partial charge in [-0.2, -0.15) is 4.31 Å². The van der Waals surface area contributed by atoms with E-state index in [0.29, 0.717) is 16.0 Å². The molecule has 0 radical (unpaired) electrons. The Hall–Kier alpha value is -0.910. The van der Waals surface area contributed by atoms with Gasteiger partial charge in [-0.3, -0.25) is 0 Å². The van der Waals surface area contributed by atoms with Gasteiger partial charge in [0.05, 0.1) is 11.5 Å². The molecule has 1 N–H and O–H groups in total. The fourth-order valence-corrected chi connectivity index (χ4v) is 5.31. The van der Waals surface area contributed by atoms with Crippen LogP contribution >= 0.6 is 0 Å². The van der Waals surface area contributed by atoms with Crippen molar-refractivity contribution < 1.29 is 13.5 Å². The zero-order valence-electron chi connectivity index (χ0n) is 12.3. The fraction of sp³-hybridized carbons (Fsp3) is 0.600. The van der Waals surface area contributed by atoms with Gasteiger partial charge in [-0.15, -0.1) is 0 Å². The third-order valence-corrected chi connectivity index (χ3v) is 6.52. The van der Waals surface area contributed by atoms with Crippen molar-refractivity contribution in [3.8, 4) is 0 Å². The second-order valence-corrected chi connectivity index (χ2v) is 7.33. The first kappa shape index (κ1) is 15.5. The Morgan fingerprint density at radius 3 is 2.65 bits per heavy atom. The van der Waals surface area contributed by atoms with Crippen molar-refractivity contribution >= 4 is 10.0 Å². The minimum absolute atomic E-state index is 0.0436. The molecule has 0 bridgehead atoms. The summed E-state index contributed by atoms with van der Waals surface area (Å²) in [6.07, 6.45) is 2.68.